The second kappa shape index (κ2) is 9.68. The lowest BCUT2D eigenvalue weighted by Gasteiger charge is -2.42. The number of nitrogens with zero attached hydrogens (tertiary/aromatic N) is 1. The Balaban J connectivity index is 1.48. The lowest BCUT2D eigenvalue weighted by atomic mass is 9.94. The number of likely N-dealkylation sites (N-methyl/N-ethyl adjacent to an activating group) is 1. The summed E-state index contributed by atoms with van der Waals surface area (Å²) in [6, 6.07) is 10.9. The van der Waals surface area contributed by atoms with Crippen LogP contribution in [0.25, 0.3) is 0 Å². The molecule has 3 atom stereocenters. The van der Waals surface area contributed by atoms with E-state index >= 15 is 0 Å². The van der Waals surface area contributed by atoms with E-state index in [2.05, 4.69) is 10.6 Å². The van der Waals surface area contributed by atoms with E-state index in [-0.39, 0.29) is 25.0 Å². The molecule has 0 radical (unpaired) electrons. The minimum absolute atomic E-state index is 0.0796. The quantitative estimate of drug-likeness (QED) is 0.621. The van der Waals surface area contributed by atoms with Gasteiger partial charge in [0.15, 0.2) is 0 Å². The van der Waals surface area contributed by atoms with Crippen molar-refractivity contribution in [2.24, 2.45) is 0 Å². The number of carbonyl (C=O) groups excluding carboxylic acids is 2. The molecule has 174 valence electrons. The Morgan fingerprint density at radius 2 is 1.91 bits per heavy atom. The van der Waals surface area contributed by atoms with Crippen LogP contribution in [-0.4, -0.2) is 59.8 Å². The summed E-state index contributed by atoms with van der Waals surface area (Å²) in [5.41, 5.74) is 1.29. The summed E-state index contributed by atoms with van der Waals surface area (Å²) >= 11 is 5.94. The Morgan fingerprint density at radius 1 is 1.15 bits per heavy atom. The summed E-state index contributed by atoms with van der Waals surface area (Å²) in [6.45, 7) is 0.188. The molecule has 0 aromatic heterocycles. The Bertz CT molecular complexity index is 1080. The van der Waals surface area contributed by atoms with E-state index in [4.69, 9.17) is 26.2 Å². The van der Waals surface area contributed by atoms with Crippen molar-refractivity contribution in [2.45, 2.75) is 37.5 Å². The normalized spacial score (nSPS) is 22.2. The van der Waals surface area contributed by atoms with Gasteiger partial charge in [-0.3, -0.25) is 9.59 Å². The Morgan fingerprint density at radius 3 is 2.64 bits per heavy atom. The number of hydrogen-bond donors (Lipinski definition) is 3. The topological polar surface area (TPSA) is 117 Å². The van der Waals surface area contributed by atoms with Gasteiger partial charge in [0.1, 0.15) is 18.5 Å². The van der Waals surface area contributed by atoms with Gasteiger partial charge in [-0.25, -0.2) is 4.79 Å². The summed E-state index contributed by atoms with van der Waals surface area (Å²) < 4.78 is 11.8. The maximum atomic E-state index is 13.2. The van der Waals surface area contributed by atoms with Crippen LogP contribution in [0.2, 0.25) is 5.02 Å². The molecule has 1 saturated heterocycles. The third kappa shape index (κ3) is 5.37. The molecule has 33 heavy (non-hydrogen) atoms. The van der Waals surface area contributed by atoms with Gasteiger partial charge in [0.25, 0.3) is 5.91 Å². The van der Waals surface area contributed by atoms with Crippen LogP contribution in [0.15, 0.2) is 42.5 Å². The molecule has 10 heteroatoms. The van der Waals surface area contributed by atoms with Gasteiger partial charge in [0.2, 0.25) is 0 Å². The van der Waals surface area contributed by atoms with Gasteiger partial charge in [0.05, 0.1) is 24.1 Å². The van der Waals surface area contributed by atoms with Crippen LogP contribution in [0.4, 0.5) is 16.2 Å². The van der Waals surface area contributed by atoms with Crippen LogP contribution in [0.5, 0.6) is 5.75 Å². The van der Waals surface area contributed by atoms with Crippen molar-refractivity contribution in [1.82, 2.24) is 4.90 Å². The number of anilines is 2. The Hall–Kier alpha value is -3.30. The van der Waals surface area contributed by atoms with Crippen molar-refractivity contribution in [3.63, 3.8) is 0 Å². The fraction of sp³-hybridized carbons (Fsp3) is 0.348. The number of nitrogens with one attached hydrogen (secondary N) is 2. The lowest BCUT2D eigenvalue weighted by molar-refractivity contribution is -0.148. The zero-order valence-electron chi connectivity index (χ0n) is 17.9. The van der Waals surface area contributed by atoms with Crippen LogP contribution in [-0.2, 0) is 9.53 Å². The number of urea groups is 1. The number of hydrogen-bond acceptors (Lipinski definition) is 5. The zero-order chi connectivity index (χ0) is 23.5. The summed E-state index contributed by atoms with van der Waals surface area (Å²) in [4.78, 5) is 38.2. The van der Waals surface area contributed by atoms with E-state index in [0.717, 1.165) is 0 Å². The van der Waals surface area contributed by atoms with Gasteiger partial charge < -0.3 is 30.1 Å². The molecule has 2 aliphatic rings. The van der Waals surface area contributed by atoms with E-state index in [9.17, 15) is 14.4 Å². The Kier molecular flexibility index (Phi) is 6.71. The number of fused-ring (bicyclic) bond motifs is 2. The minimum atomic E-state index is -0.917. The van der Waals surface area contributed by atoms with Crippen molar-refractivity contribution < 1.29 is 29.0 Å². The van der Waals surface area contributed by atoms with Crippen molar-refractivity contribution in [3.8, 4) is 5.75 Å². The third-order valence-electron chi connectivity index (χ3n) is 5.75. The SMILES string of the molecule is CN1C(=O)c2cc(NC(=O)Nc3cccc(Cl)c3)ccc2OC[C@@H]2O[C@@H](CC(=O)O)CC[C@H]21. The van der Waals surface area contributed by atoms with Gasteiger partial charge in [-0.1, -0.05) is 17.7 Å². The molecule has 2 aliphatic heterocycles. The number of carboxylic acid groups (broad SMARTS) is 1. The van der Waals surface area contributed by atoms with Crippen molar-refractivity contribution in [3.05, 3.63) is 53.1 Å². The van der Waals surface area contributed by atoms with Crippen LogP contribution >= 0.6 is 11.6 Å². The zero-order valence-corrected chi connectivity index (χ0v) is 18.7. The smallest absolute Gasteiger partial charge is 0.323 e. The van der Waals surface area contributed by atoms with Gasteiger partial charge in [-0.15, -0.1) is 0 Å². The van der Waals surface area contributed by atoms with E-state index < -0.39 is 24.2 Å². The van der Waals surface area contributed by atoms with Crippen LogP contribution < -0.4 is 15.4 Å². The third-order valence-corrected chi connectivity index (χ3v) is 5.99. The second-order valence-electron chi connectivity index (χ2n) is 8.07. The first-order chi connectivity index (χ1) is 15.8. The fourth-order valence-corrected chi connectivity index (χ4v) is 4.35. The molecular weight excluding hydrogens is 450 g/mol. The van der Waals surface area contributed by atoms with Crippen LogP contribution in [0.3, 0.4) is 0 Å². The molecule has 0 saturated carbocycles. The predicted molar refractivity (Wildman–Crippen MR) is 122 cm³/mol. The number of benzene rings is 2. The molecule has 2 aromatic rings. The maximum Gasteiger partial charge on any atom is 0.323 e. The van der Waals surface area contributed by atoms with E-state index in [0.29, 0.717) is 40.6 Å². The monoisotopic (exact) mass is 473 g/mol. The highest BCUT2D eigenvalue weighted by molar-refractivity contribution is 6.30. The standard InChI is InChI=1S/C23H24ClN3O6/c1-27-18-7-6-16(11-21(28)29)33-20(18)12-32-19-8-5-15(10-17(19)22(27)30)26-23(31)25-14-4-2-3-13(24)9-14/h2-5,8-10,16,18,20H,6-7,11-12H2,1H3,(H,28,29)(H2,25,26,31)/t16-,18-,20+/m1/s1. The number of aliphatic carboxylic acids is 1. The highest BCUT2D eigenvalue weighted by Gasteiger charge is 2.39. The van der Waals surface area contributed by atoms with Crippen molar-refractivity contribution in [2.75, 3.05) is 24.3 Å². The van der Waals surface area contributed by atoms with Gasteiger partial charge in [-0.2, -0.15) is 0 Å². The van der Waals surface area contributed by atoms with Gasteiger partial charge in [0, 0.05) is 23.4 Å². The summed E-state index contributed by atoms with van der Waals surface area (Å²) in [7, 11) is 1.70. The molecule has 1 fully saturated rings. The first kappa shape index (κ1) is 22.9. The highest BCUT2D eigenvalue weighted by atomic mass is 35.5. The molecule has 0 unspecified atom stereocenters. The number of halogens is 1. The molecule has 2 heterocycles. The van der Waals surface area contributed by atoms with Gasteiger partial charge >= 0.3 is 12.0 Å². The molecule has 2 aromatic carbocycles. The highest BCUT2D eigenvalue weighted by Crippen LogP contribution is 2.32. The van der Waals surface area contributed by atoms with E-state index in [1.807, 2.05) is 0 Å². The largest absolute Gasteiger partial charge is 0.490 e. The number of carboxylic acids is 1. The number of amides is 3. The lowest BCUT2D eigenvalue weighted by Crippen LogP contribution is -2.53. The van der Waals surface area contributed by atoms with Gasteiger partial charge in [-0.05, 0) is 49.2 Å². The minimum Gasteiger partial charge on any atom is -0.490 e. The molecule has 3 N–H and O–H groups in total. The molecule has 9 nitrogen and oxygen atoms in total. The van der Waals surface area contributed by atoms with Crippen LogP contribution in [0, 0.1) is 0 Å². The van der Waals surface area contributed by atoms with Crippen molar-refractivity contribution >= 4 is 40.9 Å². The first-order valence-electron chi connectivity index (χ1n) is 10.5. The van der Waals surface area contributed by atoms with E-state index in [1.54, 1.807) is 54.4 Å². The maximum absolute atomic E-state index is 13.2. The fourth-order valence-electron chi connectivity index (χ4n) is 4.16. The molecule has 0 aliphatic carbocycles. The number of ether oxygens (including phenoxy) is 2. The Labute approximate surface area is 195 Å². The second-order valence-corrected chi connectivity index (χ2v) is 8.50. The average molecular weight is 474 g/mol. The number of rotatable bonds is 4. The molecule has 4 rings (SSSR count). The van der Waals surface area contributed by atoms with Crippen LogP contribution in [0.1, 0.15) is 29.6 Å². The number of carbonyl (C=O) groups is 3. The molecule has 3 amide bonds. The summed E-state index contributed by atoms with van der Waals surface area (Å²) in [5, 5.41) is 15.0. The molecular formula is C23H24ClN3O6. The molecule has 0 spiro atoms. The first-order valence-corrected chi connectivity index (χ1v) is 10.9. The molecule has 0 bridgehead atoms. The van der Waals surface area contributed by atoms with E-state index in [1.165, 1.54) is 0 Å². The average Bonchev–Trinajstić information content (AvgIpc) is 2.76. The predicted octanol–water partition coefficient (Wildman–Crippen LogP) is 3.84. The summed E-state index contributed by atoms with van der Waals surface area (Å²) in [5.74, 6) is -0.812. The summed E-state index contributed by atoms with van der Waals surface area (Å²) in [6.07, 6.45) is 0.252. The van der Waals surface area contributed by atoms with Crippen molar-refractivity contribution in [1.29, 1.82) is 0 Å².